The SMILES string of the molecule is CCN(C)CCNCC1CCOCC1. The third-order valence-electron chi connectivity index (χ3n) is 2.98. The van der Waals surface area contributed by atoms with E-state index in [0.717, 1.165) is 38.8 Å². The molecule has 0 radical (unpaired) electrons. The van der Waals surface area contributed by atoms with Crippen LogP contribution in [0.1, 0.15) is 19.8 Å². The molecule has 0 aromatic heterocycles. The highest BCUT2D eigenvalue weighted by Crippen LogP contribution is 2.12. The zero-order valence-corrected chi connectivity index (χ0v) is 9.59. The van der Waals surface area contributed by atoms with Crippen LogP contribution in [0.4, 0.5) is 0 Å². The Hall–Kier alpha value is -0.120. The minimum Gasteiger partial charge on any atom is -0.381 e. The fourth-order valence-electron chi connectivity index (χ4n) is 1.68. The molecule has 0 bridgehead atoms. The maximum absolute atomic E-state index is 5.33. The Morgan fingerprint density at radius 3 is 2.71 bits per heavy atom. The number of ether oxygens (including phenoxy) is 1. The molecule has 1 N–H and O–H groups in total. The van der Waals surface area contributed by atoms with Crippen molar-refractivity contribution in [1.29, 1.82) is 0 Å². The fourth-order valence-corrected chi connectivity index (χ4v) is 1.68. The number of nitrogens with one attached hydrogen (secondary N) is 1. The summed E-state index contributed by atoms with van der Waals surface area (Å²) in [4.78, 5) is 2.33. The van der Waals surface area contributed by atoms with E-state index in [1.807, 2.05) is 0 Å². The lowest BCUT2D eigenvalue weighted by Crippen LogP contribution is -2.33. The Bertz CT molecular complexity index is 135. The standard InChI is InChI=1S/C11H24N2O/c1-3-13(2)7-6-12-10-11-4-8-14-9-5-11/h11-12H,3-10H2,1-2H3. The second kappa shape index (κ2) is 7.21. The summed E-state index contributed by atoms with van der Waals surface area (Å²) in [6.07, 6.45) is 2.47. The molecule has 3 heteroatoms. The summed E-state index contributed by atoms with van der Waals surface area (Å²) in [5.41, 5.74) is 0. The second-order valence-corrected chi connectivity index (χ2v) is 4.16. The van der Waals surface area contributed by atoms with Gasteiger partial charge >= 0.3 is 0 Å². The Morgan fingerprint density at radius 2 is 2.07 bits per heavy atom. The van der Waals surface area contributed by atoms with Crippen molar-refractivity contribution < 1.29 is 4.74 Å². The summed E-state index contributed by atoms with van der Waals surface area (Å²) in [5.74, 6) is 0.843. The van der Waals surface area contributed by atoms with Gasteiger partial charge in [0.2, 0.25) is 0 Å². The number of rotatable bonds is 6. The average molecular weight is 200 g/mol. The first-order valence-corrected chi connectivity index (χ1v) is 5.80. The molecule has 1 rings (SSSR count). The Balaban J connectivity index is 1.92. The van der Waals surface area contributed by atoms with Gasteiger partial charge in [-0.3, -0.25) is 0 Å². The molecule has 0 atom stereocenters. The Labute approximate surface area is 87.8 Å². The first kappa shape index (κ1) is 12.0. The van der Waals surface area contributed by atoms with Crippen molar-refractivity contribution in [2.24, 2.45) is 5.92 Å². The fraction of sp³-hybridized carbons (Fsp3) is 1.00. The second-order valence-electron chi connectivity index (χ2n) is 4.16. The van der Waals surface area contributed by atoms with Crippen molar-refractivity contribution >= 4 is 0 Å². The van der Waals surface area contributed by atoms with E-state index in [-0.39, 0.29) is 0 Å². The third-order valence-corrected chi connectivity index (χ3v) is 2.98. The van der Waals surface area contributed by atoms with Gasteiger partial charge in [-0.15, -0.1) is 0 Å². The lowest BCUT2D eigenvalue weighted by atomic mass is 10.0. The van der Waals surface area contributed by atoms with E-state index < -0.39 is 0 Å². The van der Waals surface area contributed by atoms with Crippen LogP contribution in [-0.4, -0.2) is 51.3 Å². The lowest BCUT2D eigenvalue weighted by molar-refractivity contribution is 0.0662. The molecule has 14 heavy (non-hydrogen) atoms. The largest absolute Gasteiger partial charge is 0.381 e. The van der Waals surface area contributed by atoms with Crippen LogP contribution in [0.2, 0.25) is 0 Å². The number of nitrogens with zero attached hydrogens (tertiary/aromatic N) is 1. The summed E-state index contributed by atoms with van der Waals surface area (Å²) in [6, 6.07) is 0. The van der Waals surface area contributed by atoms with Gasteiger partial charge in [0.15, 0.2) is 0 Å². The van der Waals surface area contributed by atoms with Crippen molar-refractivity contribution in [2.75, 3.05) is 46.4 Å². The molecular formula is C11H24N2O. The van der Waals surface area contributed by atoms with E-state index in [2.05, 4.69) is 24.2 Å². The molecule has 0 saturated carbocycles. The summed E-state index contributed by atoms with van der Waals surface area (Å²) >= 11 is 0. The van der Waals surface area contributed by atoms with Gasteiger partial charge in [-0.1, -0.05) is 6.92 Å². The van der Waals surface area contributed by atoms with Crippen molar-refractivity contribution in [1.82, 2.24) is 10.2 Å². The van der Waals surface area contributed by atoms with Crippen LogP contribution in [0.25, 0.3) is 0 Å². The highest BCUT2D eigenvalue weighted by Gasteiger charge is 2.12. The van der Waals surface area contributed by atoms with E-state index in [1.165, 1.54) is 19.4 Å². The van der Waals surface area contributed by atoms with Gasteiger partial charge in [0.25, 0.3) is 0 Å². The molecule has 1 aliphatic heterocycles. The van der Waals surface area contributed by atoms with Gasteiger partial charge in [0, 0.05) is 26.3 Å². The molecule has 84 valence electrons. The quantitative estimate of drug-likeness (QED) is 0.646. The van der Waals surface area contributed by atoms with Gasteiger partial charge in [-0.25, -0.2) is 0 Å². The number of hydrogen-bond acceptors (Lipinski definition) is 3. The monoisotopic (exact) mass is 200 g/mol. The molecule has 0 unspecified atom stereocenters. The molecule has 0 aromatic carbocycles. The maximum Gasteiger partial charge on any atom is 0.0469 e. The zero-order chi connectivity index (χ0) is 10.2. The third kappa shape index (κ3) is 4.94. The van der Waals surface area contributed by atoms with E-state index >= 15 is 0 Å². The van der Waals surface area contributed by atoms with Crippen molar-refractivity contribution in [3.8, 4) is 0 Å². The van der Waals surface area contributed by atoms with Crippen LogP contribution in [0, 0.1) is 5.92 Å². The molecule has 0 amide bonds. The predicted octanol–water partition coefficient (Wildman–Crippen LogP) is 0.954. The zero-order valence-electron chi connectivity index (χ0n) is 9.59. The van der Waals surface area contributed by atoms with E-state index in [1.54, 1.807) is 0 Å². The van der Waals surface area contributed by atoms with E-state index in [4.69, 9.17) is 4.74 Å². The van der Waals surface area contributed by atoms with E-state index in [9.17, 15) is 0 Å². The van der Waals surface area contributed by atoms with Crippen LogP contribution >= 0.6 is 0 Å². The molecule has 0 spiro atoms. The van der Waals surface area contributed by atoms with Crippen molar-refractivity contribution in [3.05, 3.63) is 0 Å². The first-order chi connectivity index (χ1) is 6.83. The highest BCUT2D eigenvalue weighted by atomic mass is 16.5. The minimum absolute atomic E-state index is 0.843. The lowest BCUT2D eigenvalue weighted by Gasteiger charge is -2.23. The summed E-state index contributed by atoms with van der Waals surface area (Å²) in [7, 11) is 2.16. The summed E-state index contributed by atoms with van der Waals surface area (Å²) in [5, 5.41) is 3.52. The van der Waals surface area contributed by atoms with Gasteiger partial charge < -0.3 is 15.0 Å². The first-order valence-electron chi connectivity index (χ1n) is 5.80. The van der Waals surface area contributed by atoms with Crippen LogP contribution < -0.4 is 5.32 Å². The van der Waals surface area contributed by atoms with Gasteiger partial charge in [0.1, 0.15) is 0 Å². The molecule has 1 aliphatic rings. The van der Waals surface area contributed by atoms with Crippen LogP contribution in [-0.2, 0) is 4.74 Å². The topological polar surface area (TPSA) is 24.5 Å². The predicted molar refractivity (Wildman–Crippen MR) is 59.6 cm³/mol. The van der Waals surface area contributed by atoms with E-state index in [0.29, 0.717) is 0 Å². The molecule has 1 fully saturated rings. The minimum atomic E-state index is 0.843. The van der Waals surface area contributed by atoms with Crippen molar-refractivity contribution in [3.63, 3.8) is 0 Å². The Morgan fingerprint density at radius 1 is 1.36 bits per heavy atom. The van der Waals surface area contributed by atoms with Crippen molar-refractivity contribution in [2.45, 2.75) is 19.8 Å². The molecule has 1 saturated heterocycles. The number of likely N-dealkylation sites (N-methyl/N-ethyl adjacent to an activating group) is 1. The normalized spacial score (nSPS) is 19.1. The van der Waals surface area contributed by atoms with Crippen LogP contribution in [0.3, 0.4) is 0 Å². The Kier molecular flexibility index (Phi) is 6.15. The van der Waals surface area contributed by atoms with Gasteiger partial charge in [-0.05, 0) is 38.9 Å². The van der Waals surface area contributed by atoms with Crippen LogP contribution in [0.15, 0.2) is 0 Å². The van der Waals surface area contributed by atoms with Gasteiger partial charge in [-0.2, -0.15) is 0 Å². The molecule has 3 nitrogen and oxygen atoms in total. The summed E-state index contributed by atoms with van der Waals surface area (Å²) in [6.45, 7) is 8.68. The molecule has 1 heterocycles. The van der Waals surface area contributed by atoms with Crippen LogP contribution in [0.5, 0.6) is 0 Å². The van der Waals surface area contributed by atoms with Gasteiger partial charge in [0.05, 0.1) is 0 Å². The molecular weight excluding hydrogens is 176 g/mol. The maximum atomic E-state index is 5.33. The average Bonchev–Trinajstić information content (AvgIpc) is 2.25. The highest BCUT2D eigenvalue weighted by molar-refractivity contribution is 4.66. The number of hydrogen-bond donors (Lipinski definition) is 1. The molecule has 0 aromatic rings. The molecule has 0 aliphatic carbocycles. The smallest absolute Gasteiger partial charge is 0.0469 e. The summed E-state index contributed by atoms with van der Waals surface area (Å²) < 4.78 is 5.33.